The molecule has 9 nitrogen and oxygen atoms in total. The van der Waals surface area contributed by atoms with Crippen molar-refractivity contribution in [3.05, 3.63) is 29.3 Å². The van der Waals surface area contributed by atoms with Crippen LogP contribution in [0.4, 0.5) is 0 Å². The zero-order valence-electron chi connectivity index (χ0n) is 22.5. The summed E-state index contributed by atoms with van der Waals surface area (Å²) in [4.78, 5) is 10.8. The summed E-state index contributed by atoms with van der Waals surface area (Å²) in [6, 6.07) is 5.98. The van der Waals surface area contributed by atoms with Crippen LogP contribution in [-0.2, 0) is 22.4 Å². The number of benzene rings is 1. The summed E-state index contributed by atoms with van der Waals surface area (Å²) in [5.41, 5.74) is 2.44. The lowest BCUT2D eigenvalue weighted by atomic mass is 9.73. The second kappa shape index (κ2) is 15.1. The Labute approximate surface area is 225 Å². The number of hydrogen-bond acceptors (Lipinski definition) is 8. The van der Waals surface area contributed by atoms with Crippen molar-refractivity contribution < 1.29 is 44.9 Å². The van der Waals surface area contributed by atoms with Gasteiger partial charge in [-0.3, -0.25) is 0 Å². The molecule has 2 aliphatic carbocycles. The van der Waals surface area contributed by atoms with Gasteiger partial charge < -0.3 is 40.1 Å². The van der Waals surface area contributed by atoms with Crippen molar-refractivity contribution >= 4 is 5.97 Å². The molecule has 9 heteroatoms. The fourth-order valence-corrected chi connectivity index (χ4v) is 6.32. The van der Waals surface area contributed by atoms with E-state index in [1.54, 1.807) is 0 Å². The molecule has 0 amide bonds. The first kappa shape index (κ1) is 30.8. The average Bonchev–Trinajstić information content (AvgIpc) is 3.19. The summed E-state index contributed by atoms with van der Waals surface area (Å²) in [7, 11) is 0. The molecule has 1 aromatic rings. The van der Waals surface area contributed by atoms with Crippen LogP contribution in [0.25, 0.3) is 0 Å². The lowest BCUT2D eigenvalue weighted by Gasteiger charge is -2.33. The van der Waals surface area contributed by atoms with Gasteiger partial charge in [0.25, 0.3) is 0 Å². The third-order valence-electron chi connectivity index (χ3n) is 8.32. The minimum Gasteiger partial charge on any atom is -0.482 e. The van der Waals surface area contributed by atoms with Crippen molar-refractivity contribution in [3.8, 4) is 5.75 Å². The van der Waals surface area contributed by atoms with Crippen molar-refractivity contribution in [3.63, 3.8) is 0 Å². The van der Waals surface area contributed by atoms with Crippen LogP contribution >= 0.6 is 0 Å². The number of aliphatic hydroxyl groups is 5. The number of carboxylic acid groups (broad SMARTS) is 1. The Kier molecular flexibility index (Phi) is 12.3. The minimum absolute atomic E-state index is 0.0162. The van der Waals surface area contributed by atoms with Crippen molar-refractivity contribution in [2.24, 2.45) is 17.8 Å². The highest BCUT2D eigenvalue weighted by atomic mass is 16.6. The Morgan fingerprint density at radius 3 is 2.45 bits per heavy atom. The molecular formula is C29H46O9. The molecule has 1 saturated carbocycles. The van der Waals surface area contributed by atoms with Gasteiger partial charge in [0.05, 0.1) is 18.8 Å². The van der Waals surface area contributed by atoms with E-state index in [0.717, 1.165) is 31.2 Å². The summed E-state index contributed by atoms with van der Waals surface area (Å²) in [5, 5.41) is 55.2. The first-order valence-electron chi connectivity index (χ1n) is 14.2. The second-order valence-corrected chi connectivity index (χ2v) is 11.0. The van der Waals surface area contributed by atoms with Crippen molar-refractivity contribution in [1.82, 2.24) is 0 Å². The Bertz CT molecular complexity index is 862. The summed E-state index contributed by atoms with van der Waals surface area (Å²) < 4.78 is 10.2. The maximum Gasteiger partial charge on any atom is 0.341 e. The van der Waals surface area contributed by atoms with Crippen LogP contribution in [0.15, 0.2) is 18.2 Å². The van der Waals surface area contributed by atoms with Crippen LogP contribution in [-0.4, -0.2) is 80.5 Å². The van der Waals surface area contributed by atoms with Gasteiger partial charge >= 0.3 is 5.97 Å². The van der Waals surface area contributed by atoms with Gasteiger partial charge in [-0.1, -0.05) is 57.6 Å². The van der Waals surface area contributed by atoms with Crippen LogP contribution in [0.3, 0.4) is 0 Å². The zero-order chi connectivity index (χ0) is 27.7. The predicted octanol–water partition coefficient (Wildman–Crippen LogP) is 2.42. The smallest absolute Gasteiger partial charge is 0.341 e. The van der Waals surface area contributed by atoms with Gasteiger partial charge in [0.2, 0.25) is 0 Å². The molecule has 5 unspecified atom stereocenters. The Hall–Kier alpha value is -1.75. The van der Waals surface area contributed by atoms with Gasteiger partial charge in [0, 0.05) is 6.42 Å². The van der Waals surface area contributed by atoms with Crippen LogP contribution < -0.4 is 4.74 Å². The summed E-state index contributed by atoms with van der Waals surface area (Å²) >= 11 is 0. The SMILES string of the molecule is CCCCCCCC[C@@H]1C(O)C[C@H]2Cc3c(cccc3OCC(=O)O)C[C@H]21.OCC1OC(O)CC(O)C1O. The lowest BCUT2D eigenvalue weighted by molar-refractivity contribution is -0.239. The molecule has 2 fully saturated rings. The Morgan fingerprint density at radius 1 is 1.00 bits per heavy atom. The normalized spacial score (nSPS) is 32.1. The van der Waals surface area contributed by atoms with Crippen LogP contribution in [0, 0.1) is 17.8 Å². The van der Waals surface area contributed by atoms with E-state index >= 15 is 0 Å². The third-order valence-corrected chi connectivity index (χ3v) is 8.32. The largest absolute Gasteiger partial charge is 0.482 e. The van der Waals surface area contributed by atoms with Gasteiger partial charge in [-0.15, -0.1) is 0 Å². The number of fused-ring (bicyclic) bond motifs is 2. The number of ether oxygens (including phenoxy) is 2. The minimum atomic E-state index is -1.11. The second-order valence-electron chi connectivity index (χ2n) is 11.0. The lowest BCUT2D eigenvalue weighted by Crippen LogP contribution is -2.49. The molecule has 8 atom stereocenters. The van der Waals surface area contributed by atoms with E-state index in [1.165, 1.54) is 44.1 Å². The van der Waals surface area contributed by atoms with Gasteiger partial charge in [-0.05, 0) is 60.6 Å². The molecule has 0 aromatic heterocycles. The highest BCUT2D eigenvalue weighted by molar-refractivity contribution is 5.68. The zero-order valence-corrected chi connectivity index (χ0v) is 22.5. The summed E-state index contributed by atoms with van der Waals surface area (Å²) in [5.74, 6) is 1.22. The van der Waals surface area contributed by atoms with E-state index in [4.69, 9.17) is 35.0 Å². The van der Waals surface area contributed by atoms with E-state index in [9.17, 15) is 9.90 Å². The molecule has 0 radical (unpaired) electrons. The number of carbonyl (C=O) groups is 1. The summed E-state index contributed by atoms with van der Waals surface area (Å²) in [6.45, 7) is 1.54. The molecule has 1 aliphatic heterocycles. The van der Waals surface area contributed by atoms with Crippen molar-refractivity contribution in [2.45, 2.75) is 108 Å². The molecule has 0 bridgehead atoms. The van der Waals surface area contributed by atoms with Crippen molar-refractivity contribution in [2.75, 3.05) is 13.2 Å². The monoisotopic (exact) mass is 538 g/mol. The van der Waals surface area contributed by atoms with Gasteiger partial charge in [-0.25, -0.2) is 4.79 Å². The van der Waals surface area contributed by atoms with Crippen LogP contribution in [0.2, 0.25) is 0 Å². The standard InChI is InChI=1S/C23H34O4.C6H12O5/c1-2-3-4-5-6-7-10-18-19-12-16-9-8-11-22(27-15-23(25)26)20(16)13-17(19)14-21(18)24;7-2-4-6(10)3(8)1-5(9)11-4/h8-9,11,17-19,21,24H,2-7,10,12-15H2,1H3,(H,25,26);3-10H,1-2H2/t17-,18+,19-,21?;/m1./s1. The Morgan fingerprint density at radius 2 is 1.74 bits per heavy atom. The van der Waals surface area contributed by atoms with Crippen molar-refractivity contribution in [1.29, 1.82) is 0 Å². The van der Waals surface area contributed by atoms with E-state index in [-0.39, 0.29) is 19.1 Å². The third kappa shape index (κ3) is 8.37. The fourth-order valence-electron chi connectivity index (χ4n) is 6.32. The summed E-state index contributed by atoms with van der Waals surface area (Å²) in [6.07, 6.45) is 7.37. The van der Waals surface area contributed by atoms with Gasteiger partial charge in [0.1, 0.15) is 18.0 Å². The molecule has 216 valence electrons. The number of rotatable bonds is 11. The number of carboxylic acids is 1. The molecule has 38 heavy (non-hydrogen) atoms. The molecule has 1 saturated heterocycles. The van der Waals surface area contributed by atoms with E-state index in [1.807, 2.05) is 12.1 Å². The molecule has 3 aliphatic rings. The topological polar surface area (TPSA) is 157 Å². The van der Waals surface area contributed by atoms with Crippen LogP contribution in [0.5, 0.6) is 5.75 Å². The maximum absolute atomic E-state index is 10.8. The number of unbranched alkanes of at least 4 members (excludes halogenated alkanes) is 5. The number of aliphatic carboxylic acids is 1. The average molecular weight is 539 g/mol. The van der Waals surface area contributed by atoms with Crippen LogP contribution in [0.1, 0.15) is 75.8 Å². The first-order valence-corrected chi connectivity index (χ1v) is 14.2. The molecule has 4 rings (SSSR count). The highest BCUT2D eigenvalue weighted by Gasteiger charge is 2.44. The molecular weight excluding hydrogens is 492 g/mol. The molecule has 1 heterocycles. The Balaban J connectivity index is 0.000000304. The van der Waals surface area contributed by atoms with Gasteiger partial charge in [-0.2, -0.15) is 0 Å². The number of aliphatic hydroxyl groups excluding tert-OH is 5. The molecule has 1 aromatic carbocycles. The fraction of sp³-hybridized carbons (Fsp3) is 0.759. The molecule has 0 spiro atoms. The quantitative estimate of drug-likeness (QED) is 0.233. The predicted molar refractivity (Wildman–Crippen MR) is 141 cm³/mol. The molecule has 6 N–H and O–H groups in total. The first-order chi connectivity index (χ1) is 18.2. The van der Waals surface area contributed by atoms with E-state index in [2.05, 4.69) is 13.0 Å². The van der Waals surface area contributed by atoms with Gasteiger partial charge in [0.15, 0.2) is 12.9 Å². The maximum atomic E-state index is 10.8. The number of hydrogen-bond donors (Lipinski definition) is 6. The van der Waals surface area contributed by atoms with E-state index < -0.39 is 37.2 Å². The van der Waals surface area contributed by atoms with E-state index in [0.29, 0.717) is 23.5 Å². The highest BCUT2D eigenvalue weighted by Crippen LogP contribution is 2.48.